The minimum Gasteiger partial charge on any atom is -0.283 e. The molecule has 1 amide bonds. The number of amides is 1. The number of halogens is 5. The van der Waals surface area contributed by atoms with Gasteiger partial charge in [0.25, 0.3) is 5.91 Å². The van der Waals surface area contributed by atoms with E-state index in [1.165, 1.54) is 43.8 Å². The van der Waals surface area contributed by atoms with E-state index in [9.17, 15) is 26.4 Å². The predicted octanol–water partition coefficient (Wildman–Crippen LogP) is 8.05. The summed E-state index contributed by atoms with van der Waals surface area (Å²) in [5, 5.41) is 9.41. The highest BCUT2D eigenvalue weighted by Gasteiger charge is 2.31. The Kier molecular flexibility index (Phi) is 10.7. The van der Waals surface area contributed by atoms with Crippen molar-refractivity contribution in [3.63, 3.8) is 0 Å². The number of aromatic nitrogens is 2. The predicted molar refractivity (Wildman–Crippen MR) is 188 cm³/mol. The van der Waals surface area contributed by atoms with Gasteiger partial charge in [-0.15, -0.1) is 22.7 Å². The Bertz CT molecular complexity index is 2100. The van der Waals surface area contributed by atoms with Crippen LogP contribution in [-0.4, -0.2) is 42.2 Å². The highest BCUT2D eigenvalue weighted by Crippen LogP contribution is 2.38. The maximum absolute atomic E-state index is 14.0. The molecular formula is C33H26Cl2F3N5O3S3. The first kappa shape index (κ1) is 35.0. The fourth-order valence-electron chi connectivity index (χ4n) is 5.26. The molecule has 0 aliphatic carbocycles. The lowest BCUT2D eigenvalue weighted by Crippen LogP contribution is -2.45. The first-order valence-corrected chi connectivity index (χ1v) is 18.4. The number of rotatable bonds is 8. The van der Waals surface area contributed by atoms with Crippen molar-refractivity contribution in [3.8, 4) is 28.1 Å². The number of piperidine rings is 1. The van der Waals surface area contributed by atoms with Crippen molar-refractivity contribution >= 4 is 67.7 Å². The summed E-state index contributed by atoms with van der Waals surface area (Å²) in [5.41, 5.74) is 3.73. The van der Waals surface area contributed by atoms with E-state index >= 15 is 0 Å². The lowest BCUT2D eigenvalue weighted by molar-refractivity contribution is -0.137. The van der Waals surface area contributed by atoms with Gasteiger partial charge in [-0.05, 0) is 85.0 Å². The zero-order valence-electron chi connectivity index (χ0n) is 25.3. The summed E-state index contributed by atoms with van der Waals surface area (Å²) in [6.07, 6.45) is -1.56. The molecule has 0 saturated carbocycles. The van der Waals surface area contributed by atoms with Crippen molar-refractivity contribution in [1.29, 1.82) is 0 Å². The number of benzene rings is 2. The number of hydrazine groups is 1. The Morgan fingerprint density at radius 1 is 1.00 bits per heavy atom. The third kappa shape index (κ3) is 8.15. The number of hydrogen-bond acceptors (Lipinski definition) is 7. The third-order valence-corrected chi connectivity index (χ3v) is 10.9. The molecule has 0 radical (unpaired) electrons. The van der Waals surface area contributed by atoms with Crippen LogP contribution in [0.1, 0.15) is 51.3 Å². The molecule has 5 aromatic rings. The fraction of sp³-hybridized carbons (Fsp3) is 0.212. The lowest BCUT2D eigenvalue weighted by atomic mass is 10.1. The number of hydrogen-bond donors (Lipinski definition) is 2. The number of nitrogens with zero attached hydrogens (tertiary/aromatic N) is 4. The zero-order chi connectivity index (χ0) is 34.7. The average Bonchev–Trinajstić information content (AvgIpc) is 3.83. The quantitative estimate of drug-likeness (QED) is 0.123. The molecule has 3 aromatic heterocycles. The van der Waals surface area contributed by atoms with Crippen molar-refractivity contribution < 1.29 is 26.4 Å². The van der Waals surface area contributed by atoms with Gasteiger partial charge in [0.2, 0.25) is 10.9 Å². The smallest absolute Gasteiger partial charge is 0.283 e. The normalized spacial score (nSPS) is 13.7. The van der Waals surface area contributed by atoms with E-state index in [1.807, 2.05) is 5.01 Å². The van der Waals surface area contributed by atoms with Crippen molar-refractivity contribution in [3.05, 3.63) is 109 Å². The van der Waals surface area contributed by atoms with Gasteiger partial charge in [-0.25, -0.2) is 18.1 Å². The maximum Gasteiger partial charge on any atom is 0.416 e. The number of thiophene rings is 2. The first-order valence-electron chi connectivity index (χ1n) is 14.9. The molecule has 6 rings (SSSR count). The Balaban J connectivity index is 1.48. The number of carbonyl (C=O) groups is 1. The second kappa shape index (κ2) is 15.0. The minimum absolute atomic E-state index is 0.00999. The van der Waals surface area contributed by atoms with E-state index in [4.69, 9.17) is 28.3 Å². The molecule has 0 atom stereocenters. The molecule has 1 fully saturated rings. The first-order chi connectivity index (χ1) is 23.5. The monoisotopic (exact) mass is 763 g/mol. The number of nitrogens with one attached hydrogen (secondary N) is 1. The molecule has 8 nitrogen and oxygen atoms in total. The van der Waals surface area contributed by atoms with Crippen LogP contribution >= 0.6 is 45.9 Å². The van der Waals surface area contributed by atoms with Gasteiger partial charge in [0.05, 0.1) is 38.3 Å². The largest absolute Gasteiger partial charge is 0.416 e. The van der Waals surface area contributed by atoms with Crippen LogP contribution in [0.5, 0.6) is 0 Å². The van der Waals surface area contributed by atoms with Crippen LogP contribution in [0, 0.1) is 11.8 Å². The van der Waals surface area contributed by atoms with Crippen LogP contribution in [0.25, 0.3) is 16.3 Å². The van der Waals surface area contributed by atoms with Crippen LogP contribution < -0.4 is 9.73 Å². The van der Waals surface area contributed by atoms with Crippen molar-refractivity contribution in [1.82, 2.24) is 20.2 Å². The number of anilines is 1. The molecular weight excluding hydrogens is 738 g/mol. The Hall–Kier alpha value is -3.84. The van der Waals surface area contributed by atoms with E-state index in [2.05, 4.69) is 17.3 Å². The minimum atomic E-state index is -4.45. The van der Waals surface area contributed by atoms with Crippen molar-refractivity contribution in [2.45, 2.75) is 32.0 Å². The van der Waals surface area contributed by atoms with Gasteiger partial charge in [-0.2, -0.15) is 18.3 Å². The van der Waals surface area contributed by atoms with E-state index in [1.54, 1.807) is 47.8 Å². The molecule has 1 N–H and O–H groups in total. The third-order valence-electron chi connectivity index (χ3n) is 7.60. The molecule has 0 bridgehead atoms. The number of thiol groups is 1. The lowest BCUT2D eigenvalue weighted by Gasteiger charge is -2.26. The summed E-state index contributed by atoms with van der Waals surface area (Å²) in [4.78, 5) is 15.1. The Morgan fingerprint density at radius 3 is 2.41 bits per heavy atom. The molecule has 1 aliphatic rings. The summed E-state index contributed by atoms with van der Waals surface area (Å²) in [6, 6.07) is 16.3. The molecule has 4 heterocycles. The summed E-state index contributed by atoms with van der Waals surface area (Å²) >= 11 is 15.4. The molecule has 49 heavy (non-hydrogen) atoms. The van der Waals surface area contributed by atoms with Gasteiger partial charge in [0, 0.05) is 29.2 Å². The molecule has 0 spiro atoms. The average molecular weight is 765 g/mol. The number of alkyl halides is 3. The Labute approximate surface area is 299 Å². The summed E-state index contributed by atoms with van der Waals surface area (Å²) < 4.78 is 67.0. The van der Waals surface area contributed by atoms with Gasteiger partial charge >= 0.3 is 6.18 Å². The molecule has 0 unspecified atom stereocenters. The molecule has 1 saturated heterocycles. The SMILES string of the molecule is O=C(NN1CCCCC1)c1nn(-c2ccc(Cl)cc2Cl)c(-c2ccc(C#Cc3ccc(C(F)(F)F)cc3)s2)c1CN(c1cccs1)[SH](=O)=O. The Morgan fingerprint density at radius 2 is 1.76 bits per heavy atom. The van der Waals surface area contributed by atoms with Crippen LogP contribution in [0.4, 0.5) is 18.2 Å². The second-order valence-electron chi connectivity index (χ2n) is 10.9. The van der Waals surface area contributed by atoms with E-state index in [0.29, 0.717) is 55.4 Å². The maximum atomic E-state index is 14.0. The number of carbonyl (C=O) groups excluding carboxylic acids is 1. The molecule has 2 aromatic carbocycles. The van der Waals surface area contributed by atoms with Gasteiger partial charge < -0.3 is 0 Å². The topological polar surface area (TPSA) is 87.5 Å². The molecule has 254 valence electrons. The van der Waals surface area contributed by atoms with Crippen molar-refractivity contribution in [2.75, 3.05) is 17.4 Å². The van der Waals surface area contributed by atoms with Gasteiger partial charge in [-0.3, -0.25) is 14.5 Å². The highest BCUT2D eigenvalue weighted by molar-refractivity contribution is 7.74. The van der Waals surface area contributed by atoms with Crippen LogP contribution in [0.2, 0.25) is 10.0 Å². The van der Waals surface area contributed by atoms with Gasteiger partial charge in [0.1, 0.15) is 5.00 Å². The van der Waals surface area contributed by atoms with Crippen molar-refractivity contribution in [2.24, 2.45) is 0 Å². The summed E-state index contributed by atoms with van der Waals surface area (Å²) in [5.74, 6) is 5.38. The van der Waals surface area contributed by atoms with Gasteiger partial charge in [-0.1, -0.05) is 41.5 Å². The molecule has 16 heteroatoms. The zero-order valence-corrected chi connectivity index (χ0v) is 29.4. The fourth-order valence-corrected chi connectivity index (χ4v) is 8.13. The van der Waals surface area contributed by atoms with Crippen LogP contribution in [0.3, 0.4) is 0 Å². The van der Waals surface area contributed by atoms with E-state index in [-0.39, 0.29) is 17.3 Å². The van der Waals surface area contributed by atoms with Crippen LogP contribution in [0.15, 0.2) is 72.1 Å². The van der Waals surface area contributed by atoms with E-state index < -0.39 is 28.5 Å². The van der Waals surface area contributed by atoms with E-state index in [0.717, 1.165) is 31.4 Å². The summed E-state index contributed by atoms with van der Waals surface area (Å²) in [6.45, 7) is 1.11. The van der Waals surface area contributed by atoms with Gasteiger partial charge in [0.15, 0.2) is 5.69 Å². The summed E-state index contributed by atoms with van der Waals surface area (Å²) in [7, 11) is -3.13. The standard InChI is InChI=1S/C33H26Cl2F3N5O3S3/c34-23-11-14-27(26(35)19-23)43-31(28-15-13-24(48-28)12-8-21-6-9-22(10-7-21)33(36,37)38)25(20-42(49(45)46)29-5-4-18-47-29)30(39-43)32(44)40-41-16-2-1-3-17-41/h4-7,9-11,13-15,18-19,49H,1-3,16-17,20H2,(H,40,44). The highest BCUT2D eigenvalue weighted by atomic mass is 35.5. The molecule has 1 aliphatic heterocycles. The van der Waals surface area contributed by atoms with Crippen LogP contribution in [-0.2, 0) is 23.6 Å². The second-order valence-corrected chi connectivity index (χ2v) is 14.7.